The normalized spacial score (nSPS) is 15.9. The van der Waals surface area contributed by atoms with Crippen LogP contribution in [-0.4, -0.2) is 56.0 Å². The lowest BCUT2D eigenvalue weighted by molar-refractivity contribution is -0.124. The van der Waals surface area contributed by atoms with Gasteiger partial charge in [0.2, 0.25) is 11.8 Å². The topological polar surface area (TPSA) is 87.5 Å². The summed E-state index contributed by atoms with van der Waals surface area (Å²) in [5, 5.41) is 6.18. The van der Waals surface area contributed by atoms with E-state index in [-0.39, 0.29) is 17.7 Å². The third-order valence-electron chi connectivity index (χ3n) is 7.80. The van der Waals surface area contributed by atoms with Gasteiger partial charge in [-0.3, -0.25) is 9.59 Å². The Hall–Kier alpha value is -3.00. The summed E-state index contributed by atoms with van der Waals surface area (Å²) in [6.45, 7) is 6.88. The van der Waals surface area contributed by atoms with Crippen molar-refractivity contribution in [2.75, 3.05) is 39.3 Å². The number of carbonyl (C=O) groups is 2. The van der Waals surface area contributed by atoms with Crippen molar-refractivity contribution in [1.29, 1.82) is 0 Å². The summed E-state index contributed by atoms with van der Waals surface area (Å²) in [6.07, 6.45) is 5.32. The van der Waals surface area contributed by atoms with Gasteiger partial charge in [0.05, 0.1) is 0 Å². The molecule has 1 aromatic heterocycles. The van der Waals surface area contributed by atoms with E-state index in [9.17, 15) is 9.59 Å². The van der Waals surface area contributed by atoms with Gasteiger partial charge in [0.25, 0.3) is 0 Å². The first-order chi connectivity index (χ1) is 19.0. The van der Waals surface area contributed by atoms with Gasteiger partial charge in [0, 0.05) is 36.3 Å². The number of nitrogens with two attached hydrogens (primary N) is 1. The van der Waals surface area contributed by atoms with Crippen LogP contribution in [-0.2, 0) is 27.8 Å². The highest BCUT2D eigenvalue weighted by Gasteiger charge is 2.49. The maximum Gasteiger partial charge on any atom is 0.232 e. The number of aryl methyl sites for hydroxylation is 2. The average molecular weight is 547 g/mol. The van der Waals surface area contributed by atoms with E-state index in [0.717, 1.165) is 76.0 Å². The molecule has 39 heavy (non-hydrogen) atoms. The van der Waals surface area contributed by atoms with E-state index >= 15 is 0 Å². The molecule has 1 atom stereocenters. The lowest BCUT2D eigenvalue weighted by atomic mass is 9.64. The van der Waals surface area contributed by atoms with Crippen LogP contribution in [0.2, 0.25) is 0 Å². The maximum absolute atomic E-state index is 13.3. The number of hydrogen-bond acceptors (Lipinski definition) is 5. The predicted octanol–water partition coefficient (Wildman–Crippen LogP) is 4.13. The Morgan fingerprint density at radius 3 is 2.10 bits per heavy atom. The van der Waals surface area contributed by atoms with Crippen LogP contribution in [0, 0.1) is 5.92 Å². The molecule has 4 rings (SSSR count). The third kappa shape index (κ3) is 7.56. The quantitative estimate of drug-likeness (QED) is 0.250. The smallest absolute Gasteiger partial charge is 0.232 e. The summed E-state index contributed by atoms with van der Waals surface area (Å²) in [5.74, 6) is -0.105. The number of carbonyl (C=O) groups excluding carboxylic acids is 2. The van der Waals surface area contributed by atoms with Crippen molar-refractivity contribution in [2.45, 2.75) is 44.4 Å². The summed E-state index contributed by atoms with van der Waals surface area (Å²) in [4.78, 5) is 29.6. The van der Waals surface area contributed by atoms with Crippen LogP contribution in [0.4, 0.5) is 0 Å². The number of rotatable bonds is 15. The number of hydrogen-bond donors (Lipinski definition) is 3. The number of likely N-dealkylation sites (tertiary alicyclic amines) is 1. The molecule has 0 aliphatic carbocycles. The fourth-order valence-corrected chi connectivity index (χ4v) is 7.02. The minimum atomic E-state index is -0.821. The van der Waals surface area contributed by atoms with Gasteiger partial charge in [-0.15, -0.1) is 11.3 Å². The Morgan fingerprint density at radius 2 is 1.51 bits per heavy atom. The number of nitrogens with one attached hydrogen (secondary N) is 2. The zero-order valence-corrected chi connectivity index (χ0v) is 23.8. The number of thiophene rings is 1. The molecule has 2 aromatic carbocycles. The molecule has 208 valence electrons. The molecule has 1 saturated heterocycles. The zero-order chi connectivity index (χ0) is 27.5. The highest BCUT2D eigenvalue weighted by Crippen LogP contribution is 2.43. The summed E-state index contributed by atoms with van der Waals surface area (Å²) in [5.41, 5.74) is 7.40. The molecule has 1 fully saturated rings. The lowest BCUT2D eigenvalue weighted by Gasteiger charge is -2.37. The molecule has 0 radical (unpaired) electrons. The highest BCUT2D eigenvalue weighted by molar-refractivity contribution is 7.11. The van der Waals surface area contributed by atoms with Gasteiger partial charge in [-0.25, -0.2) is 0 Å². The predicted molar refractivity (Wildman–Crippen MR) is 160 cm³/mol. The molecule has 0 saturated carbocycles. The standard InChI is InChI=1S/C32H42N4O2S/c1-25(37)35-21-20-34-19-8-14-29-16-17-30(39-29)15-9-22-36-23-18-28(24-36)32(31(33)38,26-10-4-2-5-11-26)27-12-6-3-7-13-27/h2-7,10-13,16-17,28,34H,8-9,14-15,18-24H2,1H3,(H2,33,38)(H,35,37). The second-order valence-electron chi connectivity index (χ2n) is 10.5. The molecule has 6 nitrogen and oxygen atoms in total. The minimum absolute atomic E-state index is 0.0191. The molecule has 1 aliphatic rings. The molecular formula is C32H42N4O2S. The average Bonchev–Trinajstić information content (AvgIpc) is 3.60. The summed E-state index contributed by atoms with van der Waals surface area (Å²) < 4.78 is 0. The molecule has 1 aliphatic heterocycles. The van der Waals surface area contributed by atoms with E-state index in [0.29, 0.717) is 6.54 Å². The van der Waals surface area contributed by atoms with Crippen molar-refractivity contribution >= 4 is 23.2 Å². The molecule has 2 heterocycles. The molecular weight excluding hydrogens is 504 g/mol. The van der Waals surface area contributed by atoms with Crippen molar-refractivity contribution in [3.8, 4) is 0 Å². The van der Waals surface area contributed by atoms with Gasteiger partial charge in [-0.2, -0.15) is 0 Å². The van der Waals surface area contributed by atoms with E-state index in [1.807, 2.05) is 47.7 Å². The van der Waals surface area contributed by atoms with Gasteiger partial charge in [-0.1, -0.05) is 60.7 Å². The summed E-state index contributed by atoms with van der Waals surface area (Å²) >= 11 is 1.93. The number of primary amides is 1. The maximum atomic E-state index is 13.3. The van der Waals surface area contributed by atoms with Crippen LogP contribution in [0.1, 0.15) is 47.1 Å². The van der Waals surface area contributed by atoms with Crippen molar-refractivity contribution in [2.24, 2.45) is 11.7 Å². The van der Waals surface area contributed by atoms with E-state index < -0.39 is 5.41 Å². The van der Waals surface area contributed by atoms with Gasteiger partial charge in [0.15, 0.2) is 0 Å². The first-order valence-corrected chi connectivity index (χ1v) is 15.0. The van der Waals surface area contributed by atoms with Gasteiger partial charge in [-0.05, 0) is 80.9 Å². The Labute approximate surface area is 237 Å². The summed E-state index contributed by atoms with van der Waals surface area (Å²) in [7, 11) is 0. The first-order valence-electron chi connectivity index (χ1n) is 14.2. The van der Waals surface area contributed by atoms with E-state index in [1.54, 1.807) is 6.92 Å². The van der Waals surface area contributed by atoms with Crippen molar-refractivity contribution in [3.05, 3.63) is 93.7 Å². The Balaban J connectivity index is 1.27. The highest BCUT2D eigenvalue weighted by atomic mass is 32.1. The minimum Gasteiger partial charge on any atom is -0.369 e. The van der Waals surface area contributed by atoms with Crippen molar-refractivity contribution in [1.82, 2.24) is 15.5 Å². The Morgan fingerprint density at radius 1 is 0.897 bits per heavy atom. The van der Waals surface area contributed by atoms with E-state index in [2.05, 4.69) is 51.9 Å². The van der Waals surface area contributed by atoms with Gasteiger partial charge in [0.1, 0.15) is 5.41 Å². The number of benzene rings is 2. The van der Waals surface area contributed by atoms with Crippen LogP contribution in [0.15, 0.2) is 72.8 Å². The van der Waals surface area contributed by atoms with E-state index in [4.69, 9.17) is 5.73 Å². The molecule has 0 spiro atoms. The lowest BCUT2D eigenvalue weighted by Crippen LogP contribution is -2.49. The van der Waals surface area contributed by atoms with Gasteiger partial charge < -0.3 is 21.3 Å². The second-order valence-corrected chi connectivity index (χ2v) is 11.8. The third-order valence-corrected chi connectivity index (χ3v) is 9.00. The van der Waals surface area contributed by atoms with Crippen LogP contribution >= 0.6 is 11.3 Å². The van der Waals surface area contributed by atoms with E-state index in [1.165, 1.54) is 9.75 Å². The van der Waals surface area contributed by atoms with Crippen LogP contribution < -0.4 is 16.4 Å². The Bertz CT molecular complexity index is 1140. The SMILES string of the molecule is CC(=O)NCCNCCCc1ccc(CCCN2CCC(C(C(N)=O)(c3ccccc3)c3ccccc3)C2)s1. The molecule has 3 aromatic rings. The largest absolute Gasteiger partial charge is 0.369 e. The van der Waals surface area contributed by atoms with Crippen LogP contribution in [0.5, 0.6) is 0 Å². The fourth-order valence-electron chi connectivity index (χ4n) is 5.92. The monoisotopic (exact) mass is 546 g/mol. The zero-order valence-electron chi connectivity index (χ0n) is 23.0. The molecule has 4 N–H and O–H groups in total. The fraction of sp³-hybridized carbons (Fsp3) is 0.438. The second kappa shape index (κ2) is 14.4. The molecule has 7 heteroatoms. The van der Waals surface area contributed by atoms with Crippen molar-refractivity contribution < 1.29 is 9.59 Å². The molecule has 2 amide bonds. The van der Waals surface area contributed by atoms with Crippen LogP contribution in [0.25, 0.3) is 0 Å². The Kier molecular flexibility index (Phi) is 10.7. The molecule has 1 unspecified atom stereocenters. The van der Waals surface area contributed by atoms with Gasteiger partial charge >= 0.3 is 0 Å². The summed E-state index contributed by atoms with van der Waals surface area (Å²) in [6, 6.07) is 24.7. The molecule has 0 bridgehead atoms. The first kappa shape index (κ1) is 29.0. The number of amides is 2. The number of nitrogens with zero attached hydrogens (tertiary/aromatic N) is 1. The van der Waals surface area contributed by atoms with Crippen LogP contribution in [0.3, 0.4) is 0 Å². The van der Waals surface area contributed by atoms with Crippen molar-refractivity contribution in [3.63, 3.8) is 0 Å².